The number of hydrogen-bond acceptors (Lipinski definition) is 4. The minimum Gasteiger partial charge on any atom is -0.386 e. The van der Waals surface area contributed by atoms with E-state index in [1.165, 1.54) is 56.9 Å². The minimum absolute atomic E-state index is 0.0196. The summed E-state index contributed by atoms with van der Waals surface area (Å²) in [7, 11) is 0. The second-order valence-corrected chi connectivity index (χ2v) is 12.5. The van der Waals surface area contributed by atoms with Gasteiger partial charge in [-0.2, -0.15) is 0 Å². The number of rotatable bonds is 7. The Morgan fingerprint density at radius 1 is 1.12 bits per heavy atom. The molecule has 0 bridgehead atoms. The van der Waals surface area contributed by atoms with Gasteiger partial charge in [-0.1, -0.05) is 45.1 Å². The quantitative estimate of drug-likeness (QED) is 0.490. The maximum Gasteiger partial charge on any atom is 0.280 e. The van der Waals surface area contributed by atoms with E-state index in [1.54, 1.807) is 11.3 Å². The fourth-order valence-corrected chi connectivity index (χ4v) is 6.20. The van der Waals surface area contributed by atoms with Crippen molar-refractivity contribution in [3.63, 3.8) is 0 Å². The van der Waals surface area contributed by atoms with Crippen LogP contribution in [0.2, 0.25) is 0 Å². The Labute approximate surface area is 202 Å². The van der Waals surface area contributed by atoms with Crippen molar-refractivity contribution in [2.45, 2.75) is 108 Å². The molecule has 1 heterocycles. The molecule has 0 atom stereocenters. The summed E-state index contributed by atoms with van der Waals surface area (Å²) in [6.07, 6.45) is 13.1. The molecule has 3 aliphatic rings. The van der Waals surface area contributed by atoms with Gasteiger partial charge < -0.3 is 10.4 Å². The van der Waals surface area contributed by atoms with Gasteiger partial charge in [0.2, 0.25) is 0 Å². The predicted octanol–water partition coefficient (Wildman–Crippen LogP) is 6.49. The molecule has 1 amide bonds. The van der Waals surface area contributed by atoms with Crippen LogP contribution in [-0.4, -0.2) is 22.0 Å². The summed E-state index contributed by atoms with van der Waals surface area (Å²) in [4.78, 5) is 19.1. The molecule has 0 unspecified atom stereocenters. The summed E-state index contributed by atoms with van der Waals surface area (Å²) in [5.74, 6) is 0.633. The Balaban J connectivity index is 1.54. The molecule has 178 valence electrons. The summed E-state index contributed by atoms with van der Waals surface area (Å²) >= 11 is 1.54. The molecule has 0 saturated heterocycles. The first-order valence-electron chi connectivity index (χ1n) is 12.9. The first-order valence-corrected chi connectivity index (χ1v) is 13.7. The first-order chi connectivity index (χ1) is 15.7. The number of hydrogen-bond donors (Lipinski definition) is 2. The van der Waals surface area contributed by atoms with E-state index in [4.69, 9.17) is 4.98 Å². The summed E-state index contributed by atoms with van der Waals surface area (Å²) in [5, 5.41) is 14.6. The van der Waals surface area contributed by atoms with Crippen molar-refractivity contribution in [2.75, 3.05) is 0 Å². The molecule has 0 radical (unpaired) electrons. The molecule has 2 aromatic rings. The van der Waals surface area contributed by atoms with Crippen molar-refractivity contribution in [1.29, 1.82) is 0 Å². The Morgan fingerprint density at radius 3 is 2.45 bits per heavy atom. The number of benzene rings is 1. The SMILES string of the molecule is CC(C)(O)c1cc(-c2sc(C(=O)NC3CCC3)nc2CC2CCCCC2)cc(C2(C)CC2)c1. The molecule has 3 fully saturated rings. The van der Waals surface area contributed by atoms with Gasteiger partial charge in [0.05, 0.1) is 16.2 Å². The van der Waals surface area contributed by atoms with Gasteiger partial charge in [0.1, 0.15) is 0 Å². The Kier molecular flexibility index (Phi) is 6.15. The van der Waals surface area contributed by atoms with Crippen molar-refractivity contribution in [2.24, 2.45) is 5.92 Å². The highest BCUT2D eigenvalue weighted by Crippen LogP contribution is 2.49. The monoisotopic (exact) mass is 466 g/mol. The molecule has 2 N–H and O–H groups in total. The highest BCUT2D eigenvalue weighted by molar-refractivity contribution is 7.17. The zero-order valence-electron chi connectivity index (χ0n) is 20.4. The van der Waals surface area contributed by atoms with E-state index in [9.17, 15) is 9.90 Å². The number of carbonyl (C=O) groups excluding carboxylic acids is 1. The van der Waals surface area contributed by atoms with Crippen molar-refractivity contribution < 1.29 is 9.90 Å². The minimum atomic E-state index is -0.908. The molecule has 0 aliphatic heterocycles. The third-order valence-corrected chi connectivity index (χ3v) is 9.28. The predicted molar refractivity (Wildman–Crippen MR) is 135 cm³/mol. The first kappa shape index (κ1) is 23.0. The van der Waals surface area contributed by atoms with E-state index in [2.05, 4.69) is 30.4 Å². The lowest BCUT2D eigenvalue weighted by Gasteiger charge is -2.25. The molecule has 4 nitrogen and oxygen atoms in total. The maximum atomic E-state index is 13.0. The zero-order chi connectivity index (χ0) is 23.2. The van der Waals surface area contributed by atoms with Gasteiger partial charge >= 0.3 is 0 Å². The molecular formula is C28H38N2O2S. The van der Waals surface area contributed by atoms with Crippen molar-refractivity contribution >= 4 is 17.2 Å². The van der Waals surface area contributed by atoms with Crippen molar-refractivity contribution in [1.82, 2.24) is 10.3 Å². The topological polar surface area (TPSA) is 62.2 Å². The Hall–Kier alpha value is -1.72. The van der Waals surface area contributed by atoms with Crippen LogP contribution in [0.15, 0.2) is 18.2 Å². The molecule has 1 aromatic heterocycles. The highest BCUT2D eigenvalue weighted by Gasteiger charge is 2.40. The summed E-state index contributed by atoms with van der Waals surface area (Å²) < 4.78 is 0. The fraction of sp³-hybridized carbons (Fsp3) is 0.643. The van der Waals surface area contributed by atoms with Gasteiger partial charge in [0, 0.05) is 6.04 Å². The fourth-order valence-electron chi connectivity index (χ4n) is 5.21. The van der Waals surface area contributed by atoms with Crippen LogP contribution in [-0.2, 0) is 17.4 Å². The highest BCUT2D eigenvalue weighted by atomic mass is 32.1. The molecule has 33 heavy (non-hydrogen) atoms. The van der Waals surface area contributed by atoms with Crippen LogP contribution in [0.25, 0.3) is 10.4 Å². The smallest absolute Gasteiger partial charge is 0.280 e. The number of amides is 1. The maximum absolute atomic E-state index is 13.0. The number of nitrogens with zero attached hydrogens (tertiary/aromatic N) is 1. The second kappa shape index (κ2) is 8.81. The lowest BCUT2D eigenvalue weighted by molar-refractivity contribution is 0.0785. The standard InChI is InChI=1S/C28H38N2O2S/c1-27(2,32)20-15-19(16-21(17-20)28(3)12-13-28)24-23(14-18-8-5-4-6-9-18)30-26(33-24)25(31)29-22-10-7-11-22/h15-18,22,32H,4-14H2,1-3H3,(H,29,31). The van der Waals surface area contributed by atoms with Gasteiger partial charge in [-0.25, -0.2) is 4.98 Å². The lowest BCUT2D eigenvalue weighted by Crippen LogP contribution is -2.39. The number of aliphatic hydroxyl groups is 1. The largest absolute Gasteiger partial charge is 0.386 e. The van der Waals surface area contributed by atoms with Crippen LogP contribution >= 0.6 is 11.3 Å². The molecule has 3 aliphatic carbocycles. The van der Waals surface area contributed by atoms with Crippen LogP contribution in [0.5, 0.6) is 0 Å². The molecular weight excluding hydrogens is 428 g/mol. The Bertz CT molecular complexity index is 998. The van der Waals surface area contributed by atoms with Crippen molar-refractivity contribution in [3.8, 4) is 10.4 Å². The average Bonchev–Trinajstić information content (AvgIpc) is 3.37. The zero-order valence-corrected chi connectivity index (χ0v) is 21.2. The van der Waals surface area contributed by atoms with Crippen molar-refractivity contribution in [3.05, 3.63) is 40.0 Å². The Morgan fingerprint density at radius 2 is 1.85 bits per heavy atom. The van der Waals surface area contributed by atoms with E-state index < -0.39 is 5.60 Å². The van der Waals surface area contributed by atoms with E-state index in [-0.39, 0.29) is 11.3 Å². The number of aromatic nitrogens is 1. The van der Waals surface area contributed by atoms with Gasteiger partial charge in [-0.05, 0) is 92.5 Å². The lowest BCUT2D eigenvalue weighted by atomic mass is 9.85. The van der Waals surface area contributed by atoms with Gasteiger partial charge in [-0.15, -0.1) is 11.3 Å². The number of carbonyl (C=O) groups is 1. The summed E-state index contributed by atoms with van der Waals surface area (Å²) in [6, 6.07) is 6.92. The molecule has 5 heteroatoms. The molecule has 1 aromatic carbocycles. The van der Waals surface area contributed by atoms with E-state index in [0.29, 0.717) is 17.0 Å². The third-order valence-electron chi connectivity index (χ3n) is 8.14. The molecule has 0 spiro atoms. The van der Waals surface area contributed by atoms with E-state index in [1.807, 2.05) is 13.8 Å². The van der Waals surface area contributed by atoms with Gasteiger partial charge in [0.25, 0.3) is 5.91 Å². The van der Waals surface area contributed by atoms with Crippen LogP contribution in [0.3, 0.4) is 0 Å². The second-order valence-electron chi connectivity index (χ2n) is 11.5. The summed E-state index contributed by atoms with van der Waals surface area (Å²) in [5.41, 5.74) is 3.73. The average molecular weight is 467 g/mol. The molecule has 3 saturated carbocycles. The number of thiazole rings is 1. The van der Waals surface area contributed by atoms with Crippen LogP contribution < -0.4 is 5.32 Å². The van der Waals surface area contributed by atoms with Gasteiger partial charge in [-0.3, -0.25) is 4.79 Å². The van der Waals surface area contributed by atoms with E-state index in [0.717, 1.165) is 41.0 Å². The number of nitrogens with one attached hydrogen (secondary N) is 1. The normalized spacial score (nSPS) is 21.0. The van der Waals surface area contributed by atoms with Gasteiger partial charge in [0.15, 0.2) is 5.01 Å². The van der Waals surface area contributed by atoms with Crippen LogP contribution in [0, 0.1) is 5.92 Å². The summed E-state index contributed by atoms with van der Waals surface area (Å²) in [6.45, 7) is 6.03. The molecule has 5 rings (SSSR count). The van der Waals surface area contributed by atoms with Crippen LogP contribution in [0.4, 0.5) is 0 Å². The van der Waals surface area contributed by atoms with E-state index >= 15 is 0 Å². The van der Waals surface area contributed by atoms with Crippen LogP contribution in [0.1, 0.15) is 112 Å². The third kappa shape index (κ3) is 5.05.